The van der Waals surface area contributed by atoms with Crippen LogP contribution in [0.5, 0.6) is 0 Å². The maximum absolute atomic E-state index is 12.9. The minimum atomic E-state index is -1.11. The quantitative estimate of drug-likeness (QED) is 0.611. The maximum atomic E-state index is 12.9. The second kappa shape index (κ2) is 8.58. The van der Waals surface area contributed by atoms with Gasteiger partial charge in [0.15, 0.2) is 0 Å². The second-order valence-electron chi connectivity index (χ2n) is 9.12. The normalized spacial score (nSPS) is 19.0. The molecule has 1 aliphatic carbocycles. The summed E-state index contributed by atoms with van der Waals surface area (Å²) in [5, 5.41) is 15.8. The number of amides is 2. The van der Waals surface area contributed by atoms with Crippen LogP contribution in [0.1, 0.15) is 60.0 Å². The second-order valence-corrected chi connectivity index (χ2v) is 9.12. The first-order valence-electron chi connectivity index (χ1n) is 11.6. The molecule has 1 aromatic heterocycles. The van der Waals surface area contributed by atoms with Crippen molar-refractivity contribution in [2.75, 3.05) is 24.6 Å². The van der Waals surface area contributed by atoms with Crippen molar-refractivity contribution in [1.29, 1.82) is 0 Å². The lowest BCUT2D eigenvalue weighted by atomic mass is 9.90. The summed E-state index contributed by atoms with van der Waals surface area (Å²) >= 11 is 0. The van der Waals surface area contributed by atoms with E-state index in [-0.39, 0.29) is 11.6 Å². The fourth-order valence-corrected chi connectivity index (χ4v) is 5.41. The molecule has 1 unspecified atom stereocenters. The molecule has 0 radical (unpaired) electrons. The van der Waals surface area contributed by atoms with Gasteiger partial charge >= 0.3 is 5.63 Å². The Hall–Kier alpha value is -2.87. The molecule has 8 heteroatoms. The highest BCUT2D eigenvalue weighted by Gasteiger charge is 2.29. The van der Waals surface area contributed by atoms with E-state index in [2.05, 4.69) is 15.5 Å². The molecule has 1 atom stereocenters. The zero-order chi connectivity index (χ0) is 22.2. The Morgan fingerprint density at radius 2 is 1.88 bits per heavy atom. The van der Waals surface area contributed by atoms with E-state index in [0.717, 1.165) is 75.4 Å². The Labute approximate surface area is 186 Å². The number of anilines is 1. The smallest absolute Gasteiger partial charge is 0.349 e. The van der Waals surface area contributed by atoms with E-state index in [4.69, 9.17) is 4.42 Å². The summed E-state index contributed by atoms with van der Waals surface area (Å²) in [5.74, 6) is -1.15. The Kier molecular flexibility index (Phi) is 5.63. The molecule has 2 aliphatic heterocycles. The zero-order valence-corrected chi connectivity index (χ0v) is 18.1. The van der Waals surface area contributed by atoms with Gasteiger partial charge in [0.25, 0.3) is 5.91 Å². The molecule has 0 saturated heterocycles. The van der Waals surface area contributed by atoms with Crippen molar-refractivity contribution in [3.05, 3.63) is 39.2 Å². The molecular weight excluding hydrogens is 410 g/mol. The van der Waals surface area contributed by atoms with E-state index in [1.165, 1.54) is 11.3 Å². The first kappa shape index (κ1) is 21.0. The highest BCUT2D eigenvalue weighted by Crippen LogP contribution is 2.39. The van der Waals surface area contributed by atoms with Crippen LogP contribution in [0.4, 0.5) is 5.69 Å². The Morgan fingerprint density at radius 1 is 1.12 bits per heavy atom. The predicted octanol–water partition coefficient (Wildman–Crippen LogP) is 1.64. The van der Waals surface area contributed by atoms with Crippen LogP contribution in [0.2, 0.25) is 0 Å². The molecule has 170 valence electrons. The minimum absolute atomic E-state index is 0.0712. The Morgan fingerprint density at radius 3 is 2.62 bits per heavy atom. The van der Waals surface area contributed by atoms with Gasteiger partial charge in [-0.1, -0.05) is 12.8 Å². The monoisotopic (exact) mass is 439 g/mol. The largest absolute Gasteiger partial charge is 0.422 e. The van der Waals surface area contributed by atoms with Gasteiger partial charge in [0.2, 0.25) is 5.91 Å². The number of hydrogen-bond donors (Lipinski definition) is 3. The standard InChI is InChI=1S/C24H29N3O5/c28-13-19(23(30)25-16-6-1-2-7-16)26-22(29)18-12-15-11-14-5-3-9-27-10-4-8-17(20(14)27)21(15)32-24(18)31/h11-12,16,19,28H,1-10,13H2,(H,25,30)(H,26,29). The fraction of sp³-hybridized carbons (Fsp3) is 0.542. The van der Waals surface area contributed by atoms with Gasteiger partial charge < -0.3 is 25.1 Å². The van der Waals surface area contributed by atoms with Crippen molar-refractivity contribution in [3.63, 3.8) is 0 Å². The average molecular weight is 440 g/mol. The third-order valence-electron chi connectivity index (χ3n) is 6.97. The number of nitrogens with one attached hydrogen (secondary N) is 2. The van der Waals surface area contributed by atoms with E-state index in [1.807, 2.05) is 6.07 Å². The first-order valence-corrected chi connectivity index (χ1v) is 11.6. The van der Waals surface area contributed by atoms with E-state index in [0.29, 0.717) is 5.58 Å². The van der Waals surface area contributed by atoms with Gasteiger partial charge in [-0.15, -0.1) is 0 Å². The van der Waals surface area contributed by atoms with Gasteiger partial charge in [-0.25, -0.2) is 4.79 Å². The number of aliphatic hydroxyl groups is 1. The molecule has 5 rings (SSSR count). The topological polar surface area (TPSA) is 112 Å². The summed E-state index contributed by atoms with van der Waals surface area (Å²) in [7, 11) is 0. The lowest BCUT2D eigenvalue weighted by molar-refractivity contribution is -0.124. The van der Waals surface area contributed by atoms with Crippen LogP contribution < -0.4 is 21.2 Å². The van der Waals surface area contributed by atoms with Crippen molar-refractivity contribution in [1.82, 2.24) is 10.6 Å². The van der Waals surface area contributed by atoms with Crippen molar-refractivity contribution in [2.24, 2.45) is 0 Å². The number of fused-ring (bicyclic) bond motifs is 2. The summed E-state index contributed by atoms with van der Waals surface area (Å²) in [6.07, 6.45) is 7.81. The number of aliphatic hydroxyl groups excluding tert-OH is 1. The summed E-state index contributed by atoms with van der Waals surface area (Å²) in [5.41, 5.74) is 3.14. The van der Waals surface area contributed by atoms with Gasteiger partial charge in [-0.2, -0.15) is 0 Å². The van der Waals surface area contributed by atoms with Crippen LogP contribution in [0.3, 0.4) is 0 Å². The van der Waals surface area contributed by atoms with E-state index in [1.54, 1.807) is 6.07 Å². The predicted molar refractivity (Wildman–Crippen MR) is 120 cm³/mol. The number of carbonyl (C=O) groups excluding carboxylic acids is 2. The lowest BCUT2D eigenvalue weighted by Gasteiger charge is -2.37. The molecule has 3 heterocycles. The fourth-order valence-electron chi connectivity index (χ4n) is 5.41. The number of nitrogens with zero attached hydrogens (tertiary/aromatic N) is 1. The highest BCUT2D eigenvalue weighted by atomic mass is 16.4. The molecule has 2 amide bonds. The van der Waals surface area contributed by atoms with Gasteiger partial charge in [0.1, 0.15) is 17.2 Å². The number of carbonyl (C=O) groups is 2. The zero-order valence-electron chi connectivity index (χ0n) is 18.1. The molecule has 3 N–H and O–H groups in total. The average Bonchev–Trinajstić information content (AvgIpc) is 3.30. The van der Waals surface area contributed by atoms with Crippen molar-refractivity contribution >= 4 is 28.5 Å². The van der Waals surface area contributed by atoms with Crippen molar-refractivity contribution in [3.8, 4) is 0 Å². The summed E-state index contributed by atoms with van der Waals surface area (Å²) in [6.45, 7) is 1.49. The summed E-state index contributed by atoms with van der Waals surface area (Å²) in [6, 6.07) is 2.53. The van der Waals surface area contributed by atoms with Gasteiger partial charge in [0, 0.05) is 35.8 Å². The molecule has 1 fully saturated rings. The van der Waals surface area contributed by atoms with Gasteiger partial charge in [0.05, 0.1) is 6.61 Å². The summed E-state index contributed by atoms with van der Waals surface area (Å²) < 4.78 is 5.66. The number of rotatable bonds is 5. The van der Waals surface area contributed by atoms with Crippen LogP contribution in [0.25, 0.3) is 11.0 Å². The van der Waals surface area contributed by atoms with Crippen LogP contribution in [-0.2, 0) is 17.6 Å². The molecule has 3 aliphatic rings. The van der Waals surface area contributed by atoms with Crippen molar-refractivity contribution in [2.45, 2.75) is 63.5 Å². The van der Waals surface area contributed by atoms with Crippen LogP contribution in [0, 0.1) is 0 Å². The van der Waals surface area contributed by atoms with Crippen LogP contribution in [-0.4, -0.2) is 48.7 Å². The van der Waals surface area contributed by atoms with Crippen molar-refractivity contribution < 1.29 is 19.1 Å². The SMILES string of the molecule is O=C(NC(CO)C(=O)NC1CCCC1)c1cc2cc3c4c(c2oc1=O)CCCN4CCC3. The molecule has 0 spiro atoms. The van der Waals surface area contributed by atoms with Crippen LogP contribution >= 0.6 is 0 Å². The molecule has 8 nitrogen and oxygen atoms in total. The Bertz CT molecular complexity index is 1120. The lowest BCUT2D eigenvalue weighted by Crippen LogP contribution is -2.51. The van der Waals surface area contributed by atoms with E-state index >= 15 is 0 Å². The number of hydrogen-bond acceptors (Lipinski definition) is 6. The highest BCUT2D eigenvalue weighted by molar-refractivity contribution is 6.00. The van der Waals surface area contributed by atoms with Crippen LogP contribution in [0.15, 0.2) is 21.3 Å². The first-order chi connectivity index (χ1) is 15.5. The number of benzene rings is 1. The maximum Gasteiger partial charge on any atom is 0.349 e. The third kappa shape index (κ3) is 3.77. The third-order valence-corrected chi connectivity index (χ3v) is 6.97. The molecule has 1 saturated carbocycles. The van der Waals surface area contributed by atoms with Gasteiger partial charge in [-0.3, -0.25) is 9.59 Å². The molecular formula is C24H29N3O5. The van der Waals surface area contributed by atoms with E-state index in [9.17, 15) is 19.5 Å². The molecule has 1 aromatic carbocycles. The van der Waals surface area contributed by atoms with Gasteiger partial charge in [-0.05, 0) is 56.2 Å². The summed E-state index contributed by atoms with van der Waals surface area (Å²) in [4.78, 5) is 40.4. The molecule has 32 heavy (non-hydrogen) atoms. The Balaban J connectivity index is 1.43. The molecule has 0 bridgehead atoms. The number of aryl methyl sites for hydroxylation is 2. The minimum Gasteiger partial charge on any atom is -0.422 e. The van der Waals surface area contributed by atoms with E-state index < -0.39 is 30.1 Å². The molecule has 2 aromatic rings.